The Labute approximate surface area is 161 Å². The summed E-state index contributed by atoms with van der Waals surface area (Å²) < 4.78 is 17.9. The van der Waals surface area contributed by atoms with Gasteiger partial charge < -0.3 is 15.2 Å². The van der Waals surface area contributed by atoms with Crippen LogP contribution in [-0.2, 0) is 25.7 Å². The molecule has 1 aliphatic heterocycles. The van der Waals surface area contributed by atoms with Gasteiger partial charge in [-0.1, -0.05) is 30.3 Å². The van der Waals surface area contributed by atoms with Crippen LogP contribution in [0.25, 0.3) is 0 Å². The molecular formula is C19H23FN2O6. The van der Waals surface area contributed by atoms with Crippen LogP contribution in [-0.4, -0.2) is 59.1 Å². The van der Waals surface area contributed by atoms with Gasteiger partial charge in [-0.2, -0.15) is 0 Å². The number of ketones is 1. The Bertz CT molecular complexity index is 712. The molecule has 2 atom stereocenters. The molecule has 28 heavy (non-hydrogen) atoms. The molecule has 2 N–H and O–H groups in total. The largest absolute Gasteiger partial charge is 0.481 e. The number of aliphatic carboxylic acids is 1. The number of nitrogens with one attached hydrogen (secondary N) is 1. The molecule has 1 fully saturated rings. The molecule has 0 bridgehead atoms. The second-order valence-electron chi connectivity index (χ2n) is 6.50. The lowest BCUT2D eigenvalue weighted by Gasteiger charge is -2.34. The summed E-state index contributed by atoms with van der Waals surface area (Å²) in [5, 5.41) is 11.1. The number of alkyl halides is 1. The van der Waals surface area contributed by atoms with Crippen molar-refractivity contribution >= 4 is 23.8 Å². The first-order valence-electron chi connectivity index (χ1n) is 9.00. The minimum atomic E-state index is -1.47. The second-order valence-corrected chi connectivity index (χ2v) is 6.50. The summed E-state index contributed by atoms with van der Waals surface area (Å²) in [7, 11) is 0. The Morgan fingerprint density at radius 2 is 1.93 bits per heavy atom. The Balaban J connectivity index is 2.01. The average Bonchev–Trinajstić information content (AvgIpc) is 2.71. The van der Waals surface area contributed by atoms with Crippen molar-refractivity contribution in [1.29, 1.82) is 0 Å². The normalized spacial score (nSPS) is 17.5. The van der Waals surface area contributed by atoms with Gasteiger partial charge in [0, 0.05) is 6.54 Å². The van der Waals surface area contributed by atoms with E-state index in [-0.39, 0.29) is 6.61 Å². The van der Waals surface area contributed by atoms with Crippen molar-refractivity contribution < 1.29 is 33.4 Å². The SMILES string of the molecule is O=C(O)CC(NC(=O)[C@@H]1CCCCN1C(=O)OCc1ccccc1)C(=O)CF. The van der Waals surface area contributed by atoms with Crippen molar-refractivity contribution in [3.05, 3.63) is 35.9 Å². The van der Waals surface area contributed by atoms with E-state index in [1.165, 1.54) is 4.90 Å². The zero-order valence-electron chi connectivity index (χ0n) is 15.3. The Morgan fingerprint density at radius 1 is 1.21 bits per heavy atom. The van der Waals surface area contributed by atoms with Crippen LogP contribution in [0.1, 0.15) is 31.2 Å². The van der Waals surface area contributed by atoms with Crippen molar-refractivity contribution in [2.24, 2.45) is 0 Å². The third kappa shape index (κ3) is 6.04. The van der Waals surface area contributed by atoms with E-state index in [4.69, 9.17) is 9.84 Å². The van der Waals surface area contributed by atoms with Crippen molar-refractivity contribution in [3.63, 3.8) is 0 Å². The van der Waals surface area contributed by atoms with Crippen molar-refractivity contribution in [2.45, 2.75) is 44.4 Å². The smallest absolute Gasteiger partial charge is 0.410 e. The molecule has 0 saturated carbocycles. The van der Waals surface area contributed by atoms with Gasteiger partial charge in [-0.15, -0.1) is 0 Å². The fourth-order valence-corrected chi connectivity index (χ4v) is 3.01. The highest BCUT2D eigenvalue weighted by molar-refractivity contribution is 5.94. The van der Waals surface area contributed by atoms with Crippen LogP contribution in [0.15, 0.2) is 30.3 Å². The summed E-state index contributed by atoms with van der Waals surface area (Å²) in [5.41, 5.74) is 0.795. The van der Waals surface area contributed by atoms with Gasteiger partial charge in [0.15, 0.2) is 5.78 Å². The van der Waals surface area contributed by atoms with Crippen molar-refractivity contribution in [2.75, 3.05) is 13.2 Å². The lowest BCUT2D eigenvalue weighted by atomic mass is 10.0. The van der Waals surface area contributed by atoms with Crippen LogP contribution in [0.4, 0.5) is 9.18 Å². The molecule has 1 aromatic carbocycles. The summed E-state index contributed by atoms with van der Waals surface area (Å²) in [4.78, 5) is 48.7. The molecule has 1 unspecified atom stereocenters. The topological polar surface area (TPSA) is 113 Å². The van der Waals surface area contributed by atoms with Gasteiger partial charge in [-0.05, 0) is 24.8 Å². The van der Waals surface area contributed by atoms with E-state index in [9.17, 15) is 23.6 Å². The number of nitrogens with zero attached hydrogens (tertiary/aromatic N) is 1. The van der Waals surface area contributed by atoms with Gasteiger partial charge in [0.2, 0.25) is 5.91 Å². The van der Waals surface area contributed by atoms with E-state index in [0.717, 1.165) is 5.56 Å². The van der Waals surface area contributed by atoms with E-state index in [1.807, 2.05) is 18.2 Å². The number of halogens is 1. The standard InChI is InChI=1S/C19H23FN2O6/c20-11-16(23)14(10-17(24)25)21-18(26)15-8-4-5-9-22(15)19(27)28-12-13-6-2-1-3-7-13/h1-3,6-7,14-15H,4-5,8-12H2,(H,21,26)(H,24,25)/t14?,15-/m0/s1. The third-order valence-electron chi connectivity index (χ3n) is 4.46. The number of carboxylic acid groups (broad SMARTS) is 1. The quantitative estimate of drug-likeness (QED) is 0.694. The number of carbonyl (C=O) groups excluding carboxylic acids is 3. The fraction of sp³-hybridized carbons (Fsp3) is 0.474. The maximum absolute atomic E-state index is 12.7. The number of hydrogen-bond acceptors (Lipinski definition) is 5. The lowest BCUT2D eigenvalue weighted by molar-refractivity contribution is -0.140. The molecule has 152 valence electrons. The molecule has 9 heteroatoms. The number of rotatable bonds is 8. The molecular weight excluding hydrogens is 371 g/mol. The van der Waals surface area contributed by atoms with Crippen LogP contribution in [0.5, 0.6) is 0 Å². The number of piperidine rings is 1. The van der Waals surface area contributed by atoms with Crippen LogP contribution >= 0.6 is 0 Å². The number of benzene rings is 1. The first-order valence-corrected chi connectivity index (χ1v) is 9.00. The predicted molar refractivity (Wildman–Crippen MR) is 96.1 cm³/mol. The van der Waals surface area contributed by atoms with E-state index < -0.39 is 48.9 Å². The molecule has 1 saturated heterocycles. The van der Waals surface area contributed by atoms with Crippen LogP contribution in [0.2, 0.25) is 0 Å². The summed E-state index contributed by atoms with van der Waals surface area (Å²) in [6, 6.07) is 6.68. The van der Waals surface area contributed by atoms with Gasteiger partial charge in [0.1, 0.15) is 25.4 Å². The summed E-state index contributed by atoms with van der Waals surface area (Å²) in [6.07, 6.45) is 0.318. The Morgan fingerprint density at radius 3 is 2.57 bits per heavy atom. The number of Topliss-reactive ketones (excluding diaryl/α,β-unsaturated/α-hetero) is 1. The minimum Gasteiger partial charge on any atom is -0.481 e. The zero-order valence-corrected chi connectivity index (χ0v) is 15.3. The van der Waals surface area contributed by atoms with Crippen LogP contribution in [0.3, 0.4) is 0 Å². The first kappa shape index (κ1) is 21.3. The molecule has 2 amide bonds. The molecule has 0 aliphatic carbocycles. The third-order valence-corrected chi connectivity index (χ3v) is 4.46. The van der Waals surface area contributed by atoms with Gasteiger partial charge >= 0.3 is 12.1 Å². The molecule has 1 aliphatic rings. The predicted octanol–water partition coefficient (Wildman–Crippen LogP) is 1.68. The zero-order chi connectivity index (χ0) is 20.5. The van der Waals surface area contributed by atoms with Crippen molar-refractivity contribution in [1.82, 2.24) is 10.2 Å². The molecule has 2 rings (SSSR count). The summed E-state index contributed by atoms with van der Waals surface area (Å²) >= 11 is 0. The second kappa shape index (κ2) is 10.4. The minimum absolute atomic E-state index is 0.0481. The van der Waals surface area contributed by atoms with Crippen molar-refractivity contribution in [3.8, 4) is 0 Å². The van der Waals surface area contributed by atoms with Gasteiger partial charge in [0.25, 0.3) is 0 Å². The molecule has 1 aromatic rings. The van der Waals surface area contributed by atoms with Crippen LogP contribution in [0, 0.1) is 0 Å². The average molecular weight is 394 g/mol. The van der Waals surface area contributed by atoms with E-state index in [2.05, 4.69) is 5.32 Å². The maximum atomic E-state index is 12.7. The number of ether oxygens (including phenoxy) is 1. The number of carboxylic acids is 1. The van der Waals surface area contributed by atoms with E-state index in [0.29, 0.717) is 25.8 Å². The van der Waals surface area contributed by atoms with E-state index >= 15 is 0 Å². The highest BCUT2D eigenvalue weighted by atomic mass is 19.1. The van der Waals surface area contributed by atoms with Crippen LogP contribution < -0.4 is 5.32 Å². The Kier molecular flexibility index (Phi) is 7.91. The molecule has 0 spiro atoms. The molecule has 0 aromatic heterocycles. The molecule has 8 nitrogen and oxygen atoms in total. The number of amides is 2. The van der Waals surface area contributed by atoms with Gasteiger partial charge in [-0.3, -0.25) is 19.3 Å². The summed E-state index contributed by atoms with van der Waals surface area (Å²) in [6.45, 7) is -1.04. The fourth-order valence-electron chi connectivity index (χ4n) is 3.01. The first-order chi connectivity index (χ1) is 13.4. The number of hydrogen-bond donors (Lipinski definition) is 2. The lowest BCUT2D eigenvalue weighted by Crippen LogP contribution is -2.55. The number of carbonyl (C=O) groups is 4. The number of likely N-dealkylation sites (tertiary alicyclic amines) is 1. The monoisotopic (exact) mass is 394 g/mol. The van der Waals surface area contributed by atoms with E-state index in [1.54, 1.807) is 12.1 Å². The molecule has 1 heterocycles. The Hall–Kier alpha value is -2.97. The summed E-state index contributed by atoms with van der Waals surface area (Å²) in [5.74, 6) is -3.05. The highest BCUT2D eigenvalue weighted by Crippen LogP contribution is 2.19. The molecule has 0 radical (unpaired) electrons. The van der Waals surface area contributed by atoms with Gasteiger partial charge in [-0.25, -0.2) is 9.18 Å². The maximum Gasteiger partial charge on any atom is 0.410 e. The van der Waals surface area contributed by atoms with Gasteiger partial charge in [0.05, 0.1) is 6.42 Å². The highest BCUT2D eigenvalue weighted by Gasteiger charge is 2.35.